The Morgan fingerprint density at radius 3 is 2.37 bits per heavy atom. The lowest BCUT2D eigenvalue weighted by molar-refractivity contribution is -0.665. The van der Waals surface area contributed by atoms with Crippen LogP contribution in [-0.4, -0.2) is 4.57 Å². The Balaban J connectivity index is 2.23. The maximum absolute atomic E-state index is 7.77. The van der Waals surface area contributed by atoms with Gasteiger partial charge in [-0.25, -0.2) is 9.41 Å². The molecule has 0 amide bonds. The zero-order chi connectivity index (χ0) is 21.8. The van der Waals surface area contributed by atoms with Crippen LogP contribution < -0.4 is 4.57 Å². The van der Waals surface area contributed by atoms with Gasteiger partial charge in [0.05, 0.1) is 19.8 Å². The fraction of sp³-hybridized carbons (Fsp3) is 0.333. The molecule has 0 aliphatic heterocycles. The Morgan fingerprint density at radius 2 is 1.73 bits per heavy atom. The fourth-order valence-corrected chi connectivity index (χ4v) is 4.62. The molecule has 30 heavy (non-hydrogen) atoms. The van der Waals surface area contributed by atoms with Gasteiger partial charge in [-0.15, -0.1) is 0 Å². The number of nitrogens with zero attached hydrogens (tertiary/aromatic N) is 3. The number of rotatable bonds is 2. The number of para-hydroxylation sites is 1. The average Bonchev–Trinajstić information content (AvgIpc) is 3.01. The molecule has 0 saturated heterocycles. The molecular formula is C27H30N3+. The Kier molecular flexibility index (Phi) is 4.70. The molecule has 2 aromatic heterocycles. The highest BCUT2D eigenvalue weighted by Gasteiger charge is 2.27. The van der Waals surface area contributed by atoms with Crippen molar-refractivity contribution in [2.75, 3.05) is 0 Å². The molecule has 0 fully saturated rings. The zero-order valence-corrected chi connectivity index (χ0v) is 19.0. The quantitative estimate of drug-likeness (QED) is 0.259. The van der Waals surface area contributed by atoms with Crippen LogP contribution in [-0.2, 0) is 12.5 Å². The van der Waals surface area contributed by atoms with Gasteiger partial charge in [-0.1, -0.05) is 46.8 Å². The smallest absolute Gasteiger partial charge is 0.238 e. The van der Waals surface area contributed by atoms with E-state index in [4.69, 9.17) is 6.57 Å². The highest BCUT2D eigenvalue weighted by atomic mass is 15.1. The molecule has 4 aromatic rings. The van der Waals surface area contributed by atoms with E-state index in [0.29, 0.717) is 5.92 Å². The van der Waals surface area contributed by atoms with E-state index in [1.54, 1.807) is 0 Å². The number of aromatic nitrogens is 2. The number of fused-ring (bicyclic) bond motifs is 3. The summed E-state index contributed by atoms with van der Waals surface area (Å²) in [5, 5.41) is 2.34. The summed E-state index contributed by atoms with van der Waals surface area (Å²) in [5.74, 6) is 1.43. The van der Waals surface area contributed by atoms with Gasteiger partial charge in [-0.3, -0.25) is 0 Å². The molecule has 0 aliphatic rings. The van der Waals surface area contributed by atoms with Crippen LogP contribution in [0.3, 0.4) is 0 Å². The summed E-state index contributed by atoms with van der Waals surface area (Å²) < 4.78 is 4.58. The van der Waals surface area contributed by atoms with Gasteiger partial charge in [0, 0.05) is 16.8 Å². The molecule has 0 atom stereocenters. The second kappa shape index (κ2) is 6.99. The summed E-state index contributed by atoms with van der Waals surface area (Å²) in [4.78, 5) is 3.89. The third kappa shape index (κ3) is 2.99. The molecule has 0 N–H and O–H groups in total. The highest BCUT2D eigenvalue weighted by molar-refractivity contribution is 6.11. The lowest BCUT2D eigenvalue weighted by Crippen LogP contribution is -2.34. The number of pyridine rings is 1. The predicted octanol–water partition coefficient (Wildman–Crippen LogP) is 6.89. The number of aryl methyl sites for hydroxylation is 2. The topological polar surface area (TPSA) is 13.2 Å². The van der Waals surface area contributed by atoms with Gasteiger partial charge in [0.15, 0.2) is 5.69 Å². The minimum Gasteiger partial charge on any atom is -0.238 e. The molecule has 2 aromatic carbocycles. The monoisotopic (exact) mass is 396 g/mol. The van der Waals surface area contributed by atoms with Crippen LogP contribution in [0.15, 0.2) is 48.7 Å². The van der Waals surface area contributed by atoms with Crippen molar-refractivity contribution in [3.8, 4) is 5.82 Å². The van der Waals surface area contributed by atoms with Gasteiger partial charge in [0.2, 0.25) is 0 Å². The summed E-state index contributed by atoms with van der Waals surface area (Å²) in [6.45, 7) is 21.1. The van der Waals surface area contributed by atoms with E-state index >= 15 is 0 Å². The van der Waals surface area contributed by atoms with Crippen molar-refractivity contribution in [2.24, 2.45) is 7.05 Å². The minimum absolute atomic E-state index is 0.0666. The lowest BCUT2D eigenvalue weighted by atomic mass is 9.87. The first-order valence-corrected chi connectivity index (χ1v) is 10.6. The Hall–Kier alpha value is -3.12. The SMILES string of the molecule is [C-]#[N+]c1cc2c3ccccc3n(-c3cc(C(C)(C)C)cc[n+]3C)c2c(C)c1C(C)C. The van der Waals surface area contributed by atoms with Crippen LogP contribution >= 0.6 is 0 Å². The van der Waals surface area contributed by atoms with Gasteiger partial charge < -0.3 is 0 Å². The van der Waals surface area contributed by atoms with E-state index in [1.807, 2.05) is 0 Å². The van der Waals surface area contributed by atoms with Crippen molar-refractivity contribution in [2.45, 2.75) is 52.9 Å². The number of hydrogen-bond acceptors (Lipinski definition) is 0. The van der Waals surface area contributed by atoms with Gasteiger partial charge in [-0.05, 0) is 59.2 Å². The molecule has 4 rings (SSSR count). The van der Waals surface area contributed by atoms with Crippen LogP contribution in [0.25, 0.3) is 32.5 Å². The minimum atomic E-state index is 0.0666. The third-order valence-corrected chi connectivity index (χ3v) is 6.15. The van der Waals surface area contributed by atoms with Crippen molar-refractivity contribution >= 4 is 27.5 Å². The Bertz CT molecular complexity index is 1320. The van der Waals surface area contributed by atoms with Gasteiger partial charge in [-0.2, -0.15) is 4.57 Å². The maximum Gasteiger partial charge on any atom is 0.286 e. The Morgan fingerprint density at radius 1 is 1.03 bits per heavy atom. The van der Waals surface area contributed by atoms with Crippen LogP contribution in [0, 0.1) is 13.5 Å². The maximum atomic E-state index is 7.77. The van der Waals surface area contributed by atoms with Gasteiger partial charge >= 0.3 is 0 Å². The van der Waals surface area contributed by atoms with E-state index in [9.17, 15) is 0 Å². The first-order chi connectivity index (χ1) is 14.1. The third-order valence-electron chi connectivity index (χ3n) is 6.15. The average molecular weight is 397 g/mol. The second-order valence-electron chi connectivity index (χ2n) is 9.58. The summed E-state index contributed by atoms with van der Waals surface area (Å²) in [6, 6.07) is 15.1. The van der Waals surface area contributed by atoms with Crippen LogP contribution in [0.4, 0.5) is 5.69 Å². The number of benzene rings is 2. The molecule has 0 bridgehead atoms. The molecule has 2 heterocycles. The van der Waals surface area contributed by atoms with Gasteiger partial charge in [0.1, 0.15) is 11.0 Å². The van der Waals surface area contributed by atoms with Crippen molar-refractivity contribution in [1.29, 1.82) is 0 Å². The van der Waals surface area contributed by atoms with Crippen molar-refractivity contribution in [1.82, 2.24) is 4.57 Å². The van der Waals surface area contributed by atoms with Crippen LogP contribution in [0.5, 0.6) is 0 Å². The van der Waals surface area contributed by atoms with E-state index in [1.165, 1.54) is 27.5 Å². The van der Waals surface area contributed by atoms with Crippen molar-refractivity contribution in [3.63, 3.8) is 0 Å². The normalized spacial score (nSPS) is 12.1. The molecule has 0 aliphatic carbocycles. The summed E-state index contributed by atoms with van der Waals surface area (Å²) in [5.41, 5.74) is 6.87. The van der Waals surface area contributed by atoms with E-state index in [2.05, 4.69) is 111 Å². The predicted molar refractivity (Wildman–Crippen MR) is 126 cm³/mol. The first-order valence-electron chi connectivity index (χ1n) is 10.6. The summed E-state index contributed by atoms with van der Waals surface area (Å²) in [6.07, 6.45) is 2.16. The van der Waals surface area contributed by atoms with E-state index in [0.717, 1.165) is 22.5 Å². The molecule has 0 unspecified atom stereocenters. The molecule has 0 saturated carbocycles. The van der Waals surface area contributed by atoms with Crippen LogP contribution in [0.2, 0.25) is 0 Å². The summed E-state index contributed by atoms with van der Waals surface area (Å²) in [7, 11) is 2.11. The molecular weight excluding hydrogens is 366 g/mol. The highest BCUT2D eigenvalue weighted by Crippen LogP contribution is 2.41. The standard InChI is InChI=1S/C27H30N3/c1-17(2)25-18(3)26-21(16-22(25)28-7)20-11-9-10-12-23(20)30(26)24-15-19(27(4,5)6)13-14-29(24)8/h9-17H,1-6,8H3/q+1. The summed E-state index contributed by atoms with van der Waals surface area (Å²) >= 11 is 0. The van der Waals surface area contributed by atoms with E-state index in [-0.39, 0.29) is 5.41 Å². The van der Waals surface area contributed by atoms with Crippen molar-refractivity contribution < 1.29 is 4.57 Å². The number of hydrogen-bond donors (Lipinski definition) is 0. The molecule has 3 heteroatoms. The second-order valence-corrected chi connectivity index (χ2v) is 9.58. The Labute approximate surface area is 179 Å². The molecule has 3 nitrogen and oxygen atoms in total. The zero-order valence-electron chi connectivity index (χ0n) is 19.0. The largest absolute Gasteiger partial charge is 0.286 e. The molecule has 0 radical (unpaired) electrons. The lowest BCUT2D eigenvalue weighted by Gasteiger charge is -2.19. The van der Waals surface area contributed by atoms with Crippen molar-refractivity contribution in [3.05, 3.63) is 76.8 Å². The van der Waals surface area contributed by atoms with E-state index < -0.39 is 0 Å². The van der Waals surface area contributed by atoms with Gasteiger partial charge in [0.25, 0.3) is 5.82 Å². The fourth-order valence-electron chi connectivity index (χ4n) is 4.62. The first kappa shape index (κ1) is 20.2. The van der Waals surface area contributed by atoms with Crippen LogP contribution in [0.1, 0.15) is 57.2 Å². The molecule has 152 valence electrons. The molecule has 0 spiro atoms.